The van der Waals surface area contributed by atoms with E-state index in [-0.39, 0.29) is 17.7 Å². The van der Waals surface area contributed by atoms with Gasteiger partial charge in [0.05, 0.1) is 5.75 Å². The zero-order valence-electron chi connectivity index (χ0n) is 18.4. The van der Waals surface area contributed by atoms with Gasteiger partial charge in [0.2, 0.25) is 11.8 Å². The number of carbonyl (C=O) groups excluding carboxylic acids is 2. The maximum atomic E-state index is 12.9. The van der Waals surface area contributed by atoms with E-state index in [1.54, 1.807) is 0 Å². The van der Waals surface area contributed by atoms with E-state index in [0.29, 0.717) is 37.6 Å². The molecular weight excluding hydrogens is 434 g/mol. The summed E-state index contributed by atoms with van der Waals surface area (Å²) in [4.78, 5) is 27.3. The Morgan fingerprint density at radius 2 is 1.58 bits per heavy atom. The number of benzene rings is 2. The summed E-state index contributed by atoms with van der Waals surface area (Å²) in [5.74, 6) is 1.81. The molecule has 2 amide bonds. The van der Waals surface area contributed by atoms with E-state index in [1.807, 2.05) is 65.6 Å². The van der Waals surface area contributed by atoms with Crippen LogP contribution in [0.1, 0.15) is 37.4 Å². The molecule has 170 valence electrons. The summed E-state index contributed by atoms with van der Waals surface area (Å²) in [6.07, 6.45) is 3.64. The molecule has 0 atom stereocenters. The van der Waals surface area contributed by atoms with Crippen LogP contribution in [0, 0.1) is 5.92 Å². The number of nitrogens with one attached hydrogen (secondary N) is 1. The first-order chi connectivity index (χ1) is 16.2. The molecule has 2 aromatic carbocycles. The maximum absolute atomic E-state index is 12.9. The van der Waals surface area contributed by atoms with Gasteiger partial charge in [-0.3, -0.25) is 14.2 Å². The fourth-order valence-electron chi connectivity index (χ4n) is 4.17. The molecule has 0 bridgehead atoms. The summed E-state index contributed by atoms with van der Waals surface area (Å²) in [6, 6.07) is 19.6. The number of thioether (sulfide) groups is 1. The molecule has 5 rings (SSSR count). The summed E-state index contributed by atoms with van der Waals surface area (Å²) in [7, 11) is 0. The van der Waals surface area contributed by atoms with Gasteiger partial charge in [-0.25, -0.2) is 0 Å². The van der Waals surface area contributed by atoms with Gasteiger partial charge >= 0.3 is 0 Å². The number of amides is 2. The molecule has 7 nitrogen and oxygen atoms in total. The van der Waals surface area contributed by atoms with E-state index in [1.165, 1.54) is 11.8 Å². The second-order valence-corrected chi connectivity index (χ2v) is 9.53. The highest BCUT2D eigenvalue weighted by Gasteiger charge is 2.32. The van der Waals surface area contributed by atoms with Gasteiger partial charge in [0.25, 0.3) is 0 Å². The third kappa shape index (κ3) is 5.11. The number of piperidine rings is 1. The fraction of sp³-hybridized carbons (Fsp3) is 0.360. The average molecular weight is 462 g/mol. The van der Waals surface area contributed by atoms with Crippen LogP contribution in [0.5, 0.6) is 0 Å². The van der Waals surface area contributed by atoms with E-state index < -0.39 is 0 Å². The van der Waals surface area contributed by atoms with Gasteiger partial charge in [0.1, 0.15) is 5.82 Å². The van der Waals surface area contributed by atoms with Crippen molar-refractivity contribution in [1.29, 1.82) is 0 Å². The third-order valence-corrected chi connectivity index (χ3v) is 7.11. The van der Waals surface area contributed by atoms with Crippen molar-refractivity contribution in [3.8, 4) is 5.69 Å². The van der Waals surface area contributed by atoms with Crippen molar-refractivity contribution in [3.05, 3.63) is 66.5 Å². The Bertz CT molecular complexity index is 1110. The Morgan fingerprint density at radius 3 is 2.24 bits per heavy atom. The molecule has 1 N–H and O–H groups in total. The molecule has 33 heavy (non-hydrogen) atoms. The minimum absolute atomic E-state index is 0.0336. The quantitative estimate of drug-likeness (QED) is 0.536. The van der Waals surface area contributed by atoms with Crippen LogP contribution in [0.25, 0.3) is 5.69 Å². The first-order valence-corrected chi connectivity index (χ1v) is 12.4. The molecule has 1 aliphatic carbocycles. The lowest BCUT2D eigenvalue weighted by Crippen LogP contribution is -2.42. The highest BCUT2D eigenvalue weighted by atomic mass is 32.2. The van der Waals surface area contributed by atoms with Gasteiger partial charge in [0.15, 0.2) is 5.16 Å². The lowest BCUT2D eigenvalue weighted by Gasteiger charge is -2.31. The van der Waals surface area contributed by atoms with Crippen LogP contribution < -0.4 is 5.32 Å². The van der Waals surface area contributed by atoms with Gasteiger partial charge in [-0.05, 0) is 49.9 Å². The van der Waals surface area contributed by atoms with Crippen molar-refractivity contribution in [2.75, 3.05) is 24.2 Å². The van der Waals surface area contributed by atoms with Crippen LogP contribution in [-0.2, 0) is 9.59 Å². The molecule has 0 radical (unpaired) electrons. The Kier molecular flexibility index (Phi) is 6.44. The van der Waals surface area contributed by atoms with Crippen LogP contribution in [0.15, 0.2) is 65.8 Å². The molecule has 2 heterocycles. The minimum atomic E-state index is -0.0656. The van der Waals surface area contributed by atoms with Gasteiger partial charge in [-0.1, -0.05) is 48.2 Å². The lowest BCUT2D eigenvalue weighted by molar-refractivity contribution is -0.132. The van der Waals surface area contributed by atoms with E-state index in [4.69, 9.17) is 0 Å². The normalized spacial score (nSPS) is 16.5. The summed E-state index contributed by atoms with van der Waals surface area (Å²) >= 11 is 1.44. The number of anilines is 1. The second-order valence-electron chi connectivity index (χ2n) is 8.59. The number of rotatable bonds is 7. The number of hydrogen-bond donors (Lipinski definition) is 1. The zero-order valence-corrected chi connectivity index (χ0v) is 19.2. The number of likely N-dealkylation sites (tertiary alicyclic amines) is 1. The monoisotopic (exact) mass is 461 g/mol. The predicted molar refractivity (Wildman–Crippen MR) is 128 cm³/mol. The zero-order chi connectivity index (χ0) is 22.6. The van der Waals surface area contributed by atoms with Crippen molar-refractivity contribution in [2.45, 2.75) is 36.8 Å². The first kappa shape index (κ1) is 21.7. The molecule has 0 spiro atoms. The molecule has 8 heteroatoms. The van der Waals surface area contributed by atoms with E-state index in [2.05, 4.69) is 20.1 Å². The van der Waals surface area contributed by atoms with Crippen LogP contribution in [0.3, 0.4) is 0 Å². The van der Waals surface area contributed by atoms with E-state index in [0.717, 1.165) is 35.2 Å². The molecule has 1 saturated heterocycles. The molecule has 0 unspecified atom stereocenters. The summed E-state index contributed by atoms with van der Waals surface area (Å²) < 4.78 is 2.09. The van der Waals surface area contributed by atoms with Gasteiger partial charge in [-0.2, -0.15) is 0 Å². The second kappa shape index (κ2) is 9.79. The predicted octanol–water partition coefficient (Wildman–Crippen LogP) is 4.11. The largest absolute Gasteiger partial charge is 0.342 e. The SMILES string of the molecule is O=C(Nc1ccccc1)C1CCN(C(=O)CSc2nnc(C3CC3)n2-c2ccccc2)CC1. The Labute approximate surface area is 197 Å². The molecular formula is C25H27N5O2S. The Hall–Kier alpha value is -3.13. The van der Waals surface area contributed by atoms with Gasteiger partial charge in [0, 0.05) is 36.3 Å². The number of nitrogens with zero attached hydrogens (tertiary/aromatic N) is 4. The molecule has 1 aliphatic heterocycles. The summed E-state index contributed by atoms with van der Waals surface area (Å²) in [6.45, 7) is 1.20. The Balaban J connectivity index is 1.16. The van der Waals surface area contributed by atoms with Crippen molar-refractivity contribution in [3.63, 3.8) is 0 Å². The third-order valence-electron chi connectivity index (χ3n) is 6.20. The number of para-hydroxylation sites is 2. The van der Waals surface area contributed by atoms with Gasteiger partial charge in [-0.15, -0.1) is 10.2 Å². The van der Waals surface area contributed by atoms with Crippen LogP contribution in [0.2, 0.25) is 0 Å². The van der Waals surface area contributed by atoms with Gasteiger partial charge < -0.3 is 10.2 Å². The lowest BCUT2D eigenvalue weighted by atomic mass is 9.96. The van der Waals surface area contributed by atoms with Crippen LogP contribution >= 0.6 is 11.8 Å². The van der Waals surface area contributed by atoms with E-state index >= 15 is 0 Å². The highest BCUT2D eigenvalue weighted by Crippen LogP contribution is 2.41. The molecule has 2 fully saturated rings. The van der Waals surface area contributed by atoms with Crippen molar-refractivity contribution >= 4 is 29.3 Å². The van der Waals surface area contributed by atoms with Crippen LogP contribution in [0.4, 0.5) is 5.69 Å². The summed E-state index contributed by atoms with van der Waals surface area (Å²) in [5, 5.41) is 12.6. The highest BCUT2D eigenvalue weighted by molar-refractivity contribution is 7.99. The number of hydrogen-bond acceptors (Lipinski definition) is 5. The number of aromatic nitrogens is 3. The Morgan fingerprint density at radius 1 is 0.909 bits per heavy atom. The summed E-state index contributed by atoms with van der Waals surface area (Å²) in [5.41, 5.74) is 1.84. The smallest absolute Gasteiger partial charge is 0.233 e. The minimum Gasteiger partial charge on any atom is -0.342 e. The molecule has 3 aromatic rings. The number of carbonyl (C=O) groups is 2. The molecule has 1 aromatic heterocycles. The standard InChI is InChI=1S/C25H27N5O2S/c31-22(29-15-13-19(14-16-29)24(32)26-20-7-3-1-4-8-20)17-33-25-28-27-23(18-11-12-18)30(25)21-9-5-2-6-10-21/h1-10,18-19H,11-17H2,(H,26,32). The fourth-order valence-corrected chi connectivity index (χ4v) is 5.04. The topological polar surface area (TPSA) is 80.1 Å². The van der Waals surface area contributed by atoms with Crippen molar-refractivity contribution < 1.29 is 9.59 Å². The molecule has 1 saturated carbocycles. The average Bonchev–Trinajstić information content (AvgIpc) is 3.62. The first-order valence-electron chi connectivity index (χ1n) is 11.5. The van der Waals surface area contributed by atoms with Crippen molar-refractivity contribution in [1.82, 2.24) is 19.7 Å². The maximum Gasteiger partial charge on any atom is 0.233 e. The van der Waals surface area contributed by atoms with Crippen molar-refractivity contribution in [2.24, 2.45) is 5.92 Å². The van der Waals surface area contributed by atoms with E-state index in [9.17, 15) is 9.59 Å². The van der Waals surface area contributed by atoms with Crippen LogP contribution in [-0.4, -0.2) is 50.3 Å². The molecule has 2 aliphatic rings.